The van der Waals surface area contributed by atoms with Crippen molar-refractivity contribution in [3.05, 3.63) is 92.6 Å². The molecule has 1 aromatic heterocycles. The number of benzene rings is 2. The van der Waals surface area contributed by atoms with Gasteiger partial charge in [-0.2, -0.15) is 13.2 Å². The van der Waals surface area contributed by atoms with Crippen LogP contribution in [0.2, 0.25) is 0 Å². The van der Waals surface area contributed by atoms with Crippen LogP contribution in [0.1, 0.15) is 34.7 Å². The lowest BCUT2D eigenvalue weighted by molar-refractivity contribution is -0.137. The number of hydrogen-bond acceptors (Lipinski definition) is 3. The fourth-order valence-electron chi connectivity index (χ4n) is 4.03. The Kier molecular flexibility index (Phi) is 6.30. The van der Waals surface area contributed by atoms with Crippen LogP contribution in [-0.2, 0) is 37.3 Å². The van der Waals surface area contributed by atoms with Crippen molar-refractivity contribution in [1.29, 1.82) is 0 Å². The van der Waals surface area contributed by atoms with Gasteiger partial charge in [0.05, 0.1) is 23.1 Å². The van der Waals surface area contributed by atoms with Crippen LogP contribution in [0, 0.1) is 5.82 Å². The zero-order valence-electron chi connectivity index (χ0n) is 18.2. The number of nitrogens with zero attached hydrogens (tertiary/aromatic N) is 2. The van der Waals surface area contributed by atoms with Gasteiger partial charge in [-0.25, -0.2) is 8.60 Å². The molecule has 2 unspecified atom stereocenters. The molecule has 0 spiro atoms. The van der Waals surface area contributed by atoms with Gasteiger partial charge >= 0.3 is 6.18 Å². The van der Waals surface area contributed by atoms with E-state index in [0.29, 0.717) is 33.9 Å². The minimum Gasteiger partial charge on any atom is -0.318 e. The Balaban J connectivity index is 1.98. The maximum Gasteiger partial charge on any atom is 0.417 e. The molecule has 1 aliphatic heterocycles. The van der Waals surface area contributed by atoms with E-state index in [0.717, 1.165) is 12.1 Å². The van der Waals surface area contributed by atoms with Gasteiger partial charge < -0.3 is 9.12 Å². The van der Waals surface area contributed by atoms with Crippen molar-refractivity contribution < 1.29 is 26.3 Å². The summed E-state index contributed by atoms with van der Waals surface area (Å²) in [7, 11) is 1.57. The first-order chi connectivity index (χ1) is 16.0. The number of aryl methyl sites for hydroxylation is 1. The number of rotatable bonds is 4. The Hall–Kier alpha value is -3.11. The highest BCUT2D eigenvalue weighted by Crippen LogP contribution is 2.38. The van der Waals surface area contributed by atoms with Crippen LogP contribution in [-0.4, -0.2) is 24.3 Å². The monoisotopic (exact) mass is 492 g/mol. The molecule has 0 bridgehead atoms. The molecule has 3 aromatic rings. The van der Waals surface area contributed by atoms with E-state index in [1.165, 1.54) is 10.6 Å². The zero-order chi connectivity index (χ0) is 24.8. The normalized spacial score (nSPS) is 15.1. The maximum absolute atomic E-state index is 13.8. The minimum atomic E-state index is -4.81. The smallest absolute Gasteiger partial charge is 0.318 e. The summed E-state index contributed by atoms with van der Waals surface area (Å²) < 4.78 is 77.3. The average molecular weight is 492 g/mol. The van der Waals surface area contributed by atoms with Gasteiger partial charge in [-0.05, 0) is 48.2 Å². The molecular formula is C24H20F4N2O3S. The van der Waals surface area contributed by atoms with E-state index in [-0.39, 0.29) is 29.8 Å². The highest BCUT2D eigenvalue weighted by Gasteiger charge is 2.36. The van der Waals surface area contributed by atoms with Gasteiger partial charge in [-0.3, -0.25) is 9.79 Å². The molecule has 2 aromatic carbocycles. The number of aromatic nitrogens is 1. The first kappa shape index (κ1) is 24.0. The van der Waals surface area contributed by atoms with Gasteiger partial charge in [0.15, 0.2) is 11.1 Å². The molecule has 0 aliphatic carbocycles. The number of halogens is 4. The predicted molar refractivity (Wildman–Crippen MR) is 122 cm³/mol. The van der Waals surface area contributed by atoms with Crippen LogP contribution in [0.3, 0.4) is 0 Å². The summed E-state index contributed by atoms with van der Waals surface area (Å²) in [5.41, 5.74) is 1.08. The summed E-state index contributed by atoms with van der Waals surface area (Å²) in [5, 5.41) is -0.564. The van der Waals surface area contributed by atoms with Crippen molar-refractivity contribution in [2.24, 2.45) is 12.0 Å². The molecule has 34 heavy (non-hydrogen) atoms. The van der Waals surface area contributed by atoms with E-state index < -0.39 is 33.9 Å². The highest BCUT2D eigenvalue weighted by molar-refractivity contribution is 7.79. The number of alkyl halides is 3. The van der Waals surface area contributed by atoms with E-state index >= 15 is 0 Å². The summed E-state index contributed by atoms with van der Waals surface area (Å²) in [6.07, 6.45) is -2.95. The average Bonchev–Trinajstić information content (AvgIpc) is 2.90. The van der Waals surface area contributed by atoms with Crippen LogP contribution >= 0.6 is 0 Å². The fraction of sp³-hybridized carbons (Fsp3) is 0.250. The summed E-state index contributed by atoms with van der Waals surface area (Å²) in [5.74, 6) is -1.02. The fourth-order valence-corrected chi connectivity index (χ4v) is 4.37. The SMILES string of the molecule is CC(Cc1ccc2c(c1)-c1cn(C)c(=O)cc1CN=C2c1ccc(F)cc1C(F)(F)F)S(=O)O. The second-order valence-electron chi connectivity index (χ2n) is 8.18. The summed E-state index contributed by atoms with van der Waals surface area (Å²) in [6, 6.07) is 8.85. The van der Waals surface area contributed by atoms with Crippen molar-refractivity contribution in [3.8, 4) is 11.1 Å². The van der Waals surface area contributed by atoms with Crippen LogP contribution in [0.25, 0.3) is 11.1 Å². The summed E-state index contributed by atoms with van der Waals surface area (Å²) >= 11 is -2.05. The number of hydrogen-bond donors (Lipinski definition) is 1. The third-order valence-electron chi connectivity index (χ3n) is 5.76. The van der Waals surface area contributed by atoms with Crippen molar-refractivity contribution >= 4 is 16.8 Å². The molecule has 0 radical (unpaired) electrons. The van der Waals surface area contributed by atoms with Gasteiger partial charge in [0.1, 0.15) is 5.82 Å². The molecule has 0 fully saturated rings. The molecular weight excluding hydrogens is 472 g/mol. The van der Waals surface area contributed by atoms with Crippen molar-refractivity contribution in [3.63, 3.8) is 0 Å². The highest BCUT2D eigenvalue weighted by atomic mass is 32.2. The van der Waals surface area contributed by atoms with Crippen LogP contribution in [0.5, 0.6) is 0 Å². The molecule has 1 N–H and O–H groups in total. The third kappa shape index (κ3) is 4.60. The quantitative estimate of drug-likeness (QED) is 0.424. The van der Waals surface area contributed by atoms with E-state index in [9.17, 15) is 31.1 Å². The minimum absolute atomic E-state index is 0.0268. The Labute approximate surface area is 195 Å². The predicted octanol–water partition coefficient (Wildman–Crippen LogP) is 4.71. The van der Waals surface area contributed by atoms with Crippen molar-refractivity contribution in [2.75, 3.05) is 0 Å². The van der Waals surface area contributed by atoms with Crippen LogP contribution in [0.4, 0.5) is 17.6 Å². The summed E-state index contributed by atoms with van der Waals surface area (Å²) in [4.78, 5) is 16.7. The molecule has 1 aliphatic rings. The number of aliphatic imine (C=N–C) groups is 1. The second kappa shape index (κ2) is 8.92. The Morgan fingerprint density at radius 1 is 1.09 bits per heavy atom. The number of fused-ring (bicyclic) bond motifs is 3. The topological polar surface area (TPSA) is 71.7 Å². The van der Waals surface area contributed by atoms with Crippen molar-refractivity contribution in [1.82, 2.24) is 4.57 Å². The molecule has 0 saturated heterocycles. The Bertz CT molecular complexity index is 1400. The molecule has 5 nitrogen and oxygen atoms in total. The van der Waals surface area contributed by atoms with E-state index in [1.54, 1.807) is 38.4 Å². The van der Waals surface area contributed by atoms with Gasteiger partial charge in [0.25, 0.3) is 5.56 Å². The van der Waals surface area contributed by atoms with Gasteiger partial charge in [0.2, 0.25) is 0 Å². The maximum atomic E-state index is 13.8. The van der Waals surface area contributed by atoms with E-state index in [2.05, 4.69) is 4.99 Å². The molecule has 0 saturated carbocycles. The number of pyridine rings is 1. The molecule has 10 heteroatoms. The first-order valence-electron chi connectivity index (χ1n) is 10.3. The van der Waals surface area contributed by atoms with Gasteiger partial charge in [-0.1, -0.05) is 18.2 Å². The molecule has 178 valence electrons. The lowest BCUT2D eigenvalue weighted by Crippen LogP contribution is -2.17. The van der Waals surface area contributed by atoms with E-state index in [1.807, 2.05) is 0 Å². The van der Waals surface area contributed by atoms with Gasteiger partial charge in [0, 0.05) is 36.0 Å². The Morgan fingerprint density at radius 3 is 2.47 bits per heavy atom. The summed E-state index contributed by atoms with van der Waals surface area (Å²) in [6.45, 7) is 1.57. The lowest BCUT2D eigenvalue weighted by Gasteiger charge is -2.18. The van der Waals surface area contributed by atoms with Crippen LogP contribution < -0.4 is 5.56 Å². The molecule has 2 heterocycles. The largest absolute Gasteiger partial charge is 0.417 e. The lowest BCUT2D eigenvalue weighted by atomic mass is 9.89. The van der Waals surface area contributed by atoms with Crippen molar-refractivity contribution in [2.45, 2.75) is 31.3 Å². The third-order valence-corrected chi connectivity index (χ3v) is 6.62. The molecule has 2 atom stereocenters. The van der Waals surface area contributed by atoms with Crippen LogP contribution in [0.15, 0.2) is 58.4 Å². The Morgan fingerprint density at radius 2 is 1.79 bits per heavy atom. The molecule has 4 rings (SSSR count). The molecule has 0 amide bonds. The standard InChI is InChI=1S/C24H20F4N2O3S/c1-13(34(32)33)7-14-3-5-17-19(8-14)20-12-30(2)22(31)9-15(20)11-29-23(17)18-6-4-16(25)10-21(18)24(26,27)28/h3-6,8-10,12-13H,7,11H2,1-2H3,(H,32,33). The van der Waals surface area contributed by atoms with Gasteiger partial charge in [-0.15, -0.1) is 0 Å². The van der Waals surface area contributed by atoms with E-state index in [4.69, 9.17) is 0 Å². The zero-order valence-corrected chi connectivity index (χ0v) is 19.0. The first-order valence-corrected chi connectivity index (χ1v) is 11.5. The second-order valence-corrected chi connectivity index (χ2v) is 9.54.